The first-order valence-electron chi connectivity index (χ1n) is 9.83. The van der Waals surface area contributed by atoms with Gasteiger partial charge in [0.05, 0.1) is 33.4 Å². The number of hydrogen-bond acceptors (Lipinski definition) is 3. The summed E-state index contributed by atoms with van der Waals surface area (Å²) < 4.78 is 44.3. The molecule has 0 saturated carbocycles. The molecule has 0 aliphatic heterocycles. The Labute approximate surface area is 165 Å². The Balaban J connectivity index is 0. The van der Waals surface area contributed by atoms with Crippen LogP contribution in [-0.2, 0) is 15.6 Å². The van der Waals surface area contributed by atoms with Gasteiger partial charge in [-0.25, -0.2) is 0 Å². The third kappa shape index (κ3) is 25.4. The standard InChI is InChI=1S/C17H38NOS.C2HF3O2/c1-5-6-7-8-9-10-11-12-13-14-16-20(19)17-15-18(2,3)4;3-2(4,5)1(6)7/h5-17H2,1-4H3;(H,6,7)/q+1;/p-1. The maximum atomic E-state index is 11.8. The van der Waals surface area contributed by atoms with Gasteiger partial charge in [-0.1, -0.05) is 64.7 Å². The van der Waals surface area contributed by atoms with Crippen LogP contribution in [0.3, 0.4) is 0 Å². The zero-order valence-electron chi connectivity index (χ0n) is 17.4. The number of quaternary nitrogens is 1. The molecule has 0 amide bonds. The van der Waals surface area contributed by atoms with E-state index in [-0.39, 0.29) is 0 Å². The van der Waals surface area contributed by atoms with Crippen molar-refractivity contribution in [2.45, 2.75) is 77.3 Å². The molecule has 27 heavy (non-hydrogen) atoms. The Morgan fingerprint density at radius 2 is 1.22 bits per heavy atom. The summed E-state index contributed by atoms with van der Waals surface area (Å²) in [7, 11) is 5.90. The highest BCUT2D eigenvalue weighted by molar-refractivity contribution is 7.84. The highest BCUT2D eigenvalue weighted by Crippen LogP contribution is 2.12. The van der Waals surface area contributed by atoms with E-state index in [1.165, 1.54) is 57.8 Å². The molecule has 164 valence electrons. The van der Waals surface area contributed by atoms with Gasteiger partial charge in [0.1, 0.15) is 5.97 Å². The fourth-order valence-electron chi connectivity index (χ4n) is 2.23. The van der Waals surface area contributed by atoms with Crippen molar-refractivity contribution >= 4 is 16.8 Å². The van der Waals surface area contributed by atoms with Crippen LogP contribution in [0.15, 0.2) is 0 Å². The summed E-state index contributed by atoms with van der Waals surface area (Å²) in [6.45, 7) is 3.29. The van der Waals surface area contributed by atoms with Crippen LogP contribution in [0.2, 0.25) is 0 Å². The molecule has 0 bridgehead atoms. The first kappa shape index (κ1) is 28.6. The van der Waals surface area contributed by atoms with Gasteiger partial charge in [-0.15, -0.1) is 0 Å². The summed E-state index contributed by atoms with van der Waals surface area (Å²) in [6, 6.07) is 0. The highest BCUT2D eigenvalue weighted by Gasteiger charge is 2.28. The van der Waals surface area contributed by atoms with Gasteiger partial charge in [0.25, 0.3) is 0 Å². The van der Waals surface area contributed by atoms with Gasteiger partial charge >= 0.3 is 6.18 Å². The molecule has 0 rings (SSSR count). The second kappa shape index (κ2) is 16.3. The number of halogens is 3. The van der Waals surface area contributed by atoms with Gasteiger partial charge in [0.2, 0.25) is 0 Å². The lowest BCUT2D eigenvalue weighted by atomic mass is 10.1. The molecular weight excluding hydrogens is 379 g/mol. The van der Waals surface area contributed by atoms with E-state index in [2.05, 4.69) is 28.1 Å². The van der Waals surface area contributed by atoms with Crippen LogP contribution < -0.4 is 5.11 Å². The van der Waals surface area contributed by atoms with E-state index in [1.54, 1.807) is 0 Å². The SMILES string of the molecule is CCCCCCCCCCCCS(=O)CC[N+](C)(C)C.O=C([O-])C(F)(F)F. The van der Waals surface area contributed by atoms with Gasteiger partial charge in [0, 0.05) is 16.6 Å². The molecule has 1 unspecified atom stereocenters. The van der Waals surface area contributed by atoms with Crippen LogP contribution in [0.1, 0.15) is 71.1 Å². The van der Waals surface area contributed by atoms with Crippen molar-refractivity contribution in [1.29, 1.82) is 0 Å². The highest BCUT2D eigenvalue weighted by atomic mass is 32.2. The van der Waals surface area contributed by atoms with E-state index >= 15 is 0 Å². The first-order valence-corrected chi connectivity index (χ1v) is 11.3. The number of aliphatic carboxylic acids is 1. The minimum absolute atomic E-state index is 0.595. The summed E-state index contributed by atoms with van der Waals surface area (Å²) in [5.41, 5.74) is 0. The maximum absolute atomic E-state index is 11.8. The predicted molar refractivity (Wildman–Crippen MR) is 104 cm³/mol. The minimum Gasteiger partial charge on any atom is -0.542 e. The molecule has 0 saturated heterocycles. The molecule has 0 aromatic carbocycles. The lowest BCUT2D eigenvalue weighted by molar-refractivity contribution is -0.867. The molecule has 0 aromatic heterocycles. The zero-order chi connectivity index (χ0) is 21.3. The van der Waals surface area contributed by atoms with Crippen LogP contribution in [0.4, 0.5) is 13.2 Å². The van der Waals surface area contributed by atoms with Gasteiger partial charge in [-0.05, 0) is 6.42 Å². The number of carbonyl (C=O) groups excluding carboxylic acids is 1. The topological polar surface area (TPSA) is 57.2 Å². The molecule has 0 radical (unpaired) electrons. The van der Waals surface area contributed by atoms with Crippen molar-refractivity contribution in [1.82, 2.24) is 0 Å². The van der Waals surface area contributed by atoms with Crippen molar-refractivity contribution in [3.63, 3.8) is 0 Å². The number of hydrogen-bond donors (Lipinski definition) is 0. The number of unbranched alkanes of at least 4 members (excludes halogenated alkanes) is 9. The number of nitrogens with zero attached hydrogens (tertiary/aromatic N) is 1. The van der Waals surface area contributed by atoms with Crippen molar-refractivity contribution in [3.05, 3.63) is 0 Å². The number of carbonyl (C=O) groups is 1. The van der Waals surface area contributed by atoms with Crippen LogP contribution >= 0.6 is 0 Å². The Hall–Kier alpha value is -0.630. The molecule has 0 spiro atoms. The Morgan fingerprint density at radius 3 is 1.56 bits per heavy atom. The molecule has 0 aliphatic carbocycles. The van der Waals surface area contributed by atoms with Crippen LogP contribution in [0.25, 0.3) is 0 Å². The Bertz CT molecular complexity index is 397. The molecular formula is C19H38F3NO3S. The van der Waals surface area contributed by atoms with Gasteiger partial charge in [-0.2, -0.15) is 13.2 Å². The molecule has 1 atom stereocenters. The zero-order valence-corrected chi connectivity index (χ0v) is 18.2. The Kier molecular flexibility index (Phi) is 17.3. The molecule has 0 heterocycles. The molecule has 0 aliphatic rings. The van der Waals surface area contributed by atoms with Crippen molar-refractivity contribution in [2.75, 3.05) is 39.2 Å². The van der Waals surface area contributed by atoms with E-state index in [0.717, 1.165) is 29.0 Å². The summed E-state index contributed by atoms with van der Waals surface area (Å²) in [4.78, 5) is 8.78. The summed E-state index contributed by atoms with van der Waals surface area (Å²) >= 11 is 0. The Morgan fingerprint density at radius 1 is 0.852 bits per heavy atom. The van der Waals surface area contributed by atoms with Crippen molar-refractivity contribution in [3.8, 4) is 0 Å². The number of rotatable bonds is 14. The van der Waals surface area contributed by atoms with Crippen LogP contribution in [-0.4, -0.2) is 60.0 Å². The fraction of sp³-hybridized carbons (Fsp3) is 0.947. The molecule has 0 fully saturated rings. The second-order valence-electron chi connectivity index (χ2n) is 7.83. The van der Waals surface area contributed by atoms with Crippen molar-refractivity contribution < 1.29 is 31.8 Å². The van der Waals surface area contributed by atoms with Gasteiger partial charge < -0.3 is 14.4 Å². The third-order valence-electron chi connectivity index (χ3n) is 3.95. The summed E-state index contributed by atoms with van der Waals surface area (Å²) in [5, 5.41) is 8.78. The molecule has 0 N–H and O–H groups in total. The molecule has 0 aromatic rings. The monoisotopic (exact) mass is 417 g/mol. The lowest BCUT2D eigenvalue weighted by Crippen LogP contribution is -2.38. The van der Waals surface area contributed by atoms with E-state index in [1.807, 2.05) is 0 Å². The normalized spacial score (nSPS) is 13.0. The second-order valence-corrected chi connectivity index (χ2v) is 9.53. The third-order valence-corrected chi connectivity index (χ3v) is 5.33. The minimum atomic E-state index is -5.19. The summed E-state index contributed by atoms with van der Waals surface area (Å²) in [6.07, 6.45) is 8.32. The fourth-order valence-corrected chi connectivity index (χ4v) is 3.71. The summed E-state index contributed by atoms with van der Waals surface area (Å²) in [5.74, 6) is -1.23. The number of carboxylic acid groups (broad SMARTS) is 1. The van der Waals surface area contributed by atoms with Gasteiger partial charge in [-0.3, -0.25) is 4.21 Å². The largest absolute Gasteiger partial charge is 0.542 e. The van der Waals surface area contributed by atoms with Crippen molar-refractivity contribution in [2.24, 2.45) is 0 Å². The van der Waals surface area contributed by atoms with E-state index in [0.29, 0.717) is 0 Å². The van der Waals surface area contributed by atoms with E-state index in [4.69, 9.17) is 9.90 Å². The quantitative estimate of drug-likeness (QED) is 0.320. The van der Waals surface area contributed by atoms with E-state index < -0.39 is 22.9 Å². The van der Waals surface area contributed by atoms with Crippen LogP contribution in [0, 0.1) is 0 Å². The predicted octanol–water partition coefficient (Wildman–Crippen LogP) is 3.66. The first-order chi connectivity index (χ1) is 12.4. The number of carboxylic acids is 1. The smallest absolute Gasteiger partial charge is 0.430 e. The van der Waals surface area contributed by atoms with Gasteiger partial charge in [0.15, 0.2) is 0 Å². The van der Waals surface area contributed by atoms with Crippen LogP contribution in [0.5, 0.6) is 0 Å². The van der Waals surface area contributed by atoms with E-state index in [9.17, 15) is 17.4 Å². The molecule has 4 nitrogen and oxygen atoms in total. The maximum Gasteiger partial charge on any atom is 0.430 e. The molecule has 8 heteroatoms. The lowest BCUT2D eigenvalue weighted by Gasteiger charge is -2.23. The average Bonchev–Trinajstić information content (AvgIpc) is 2.53. The number of alkyl halides is 3. The average molecular weight is 418 g/mol.